The first kappa shape index (κ1) is 18.4. The molecule has 4 heteroatoms. The number of nitrogens with two attached hydrogens (primary N) is 1. The van der Waals surface area contributed by atoms with Gasteiger partial charge in [-0.2, -0.15) is 0 Å². The molecule has 3 rings (SSSR count). The van der Waals surface area contributed by atoms with Crippen LogP contribution in [-0.2, 0) is 4.79 Å². The Hall–Kier alpha value is -1.39. The Kier molecular flexibility index (Phi) is 6.13. The molecule has 3 atom stereocenters. The Bertz CT molecular complexity index is 554. The molecule has 25 heavy (non-hydrogen) atoms. The summed E-state index contributed by atoms with van der Waals surface area (Å²) in [5.41, 5.74) is 7.37. The van der Waals surface area contributed by atoms with Crippen molar-refractivity contribution < 1.29 is 4.79 Å². The third kappa shape index (κ3) is 4.06. The summed E-state index contributed by atoms with van der Waals surface area (Å²) in [6.45, 7) is 8.73. The lowest BCUT2D eigenvalue weighted by Gasteiger charge is -2.38. The quantitative estimate of drug-likeness (QED) is 0.894. The average Bonchev–Trinajstić information content (AvgIpc) is 3.07. The molecule has 0 aromatic heterocycles. The Morgan fingerprint density at radius 3 is 2.40 bits per heavy atom. The minimum absolute atomic E-state index is 0.0215. The Balaban J connectivity index is 1.74. The number of hydrogen-bond donors (Lipinski definition) is 1. The minimum Gasteiger partial charge on any atom is -0.340 e. The third-order valence-corrected chi connectivity index (χ3v) is 5.95. The molecule has 2 N–H and O–H groups in total. The Morgan fingerprint density at radius 1 is 1.12 bits per heavy atom. The van der Waals surface area contributed by atoms with Gasteiger partial charge in [-0.3, -0.25) is 9.69 Å². The fraction of sp³-hybridized carbons (Fsp3) is 0.667. The maximum absolute atomic E-state index is 13.4. The Morgan fingerprint density at radius 2 is 1.80 bits per heavy atom. The summed E-state index contributed by atoms with van der Waals surface area (Å²) < 4.78 is 0. The molecule has 2 saturated heterocycles. The van der Waals surface area contributed by atoms with Gasteiger partial charge in [-0.25, -0.2) is 0 Å². The van der Waals surface area contributed by atoms with Crippen LogP contribution in [0.1, 0.15) is 44.6 Å². The number of amides is 1. The van der Waals surface area contributed by atoms with Crippen molar-refractivity contribution in [3.8, 4) is 0 Å². The molecule has 0 radical (unpaired) electrons. The number of nitrogens with zero attached hydrogens (tertiary/aromatic N) is 2. The third-order valence-electron chi connectivity index (χ3n) is 5.95. The number of carbonyl (C=O) groups is 1. The van der Waals surface area contributed by atoms with Gasteiger partial charge in [-0.15, -0.1) is 0 Å². The second-order valence-electron chi connectivity index (χ2n) is 8.04. The van der Waals surface area contributed by atoms with Crippen molar-refractivity contribution in [2.75, 3.05) is 32.7 Å². The second kappa shape index (κ2) is 8.33. The van der Waals surface area contributed by atoms with Gasteiger partial charge < -0.3 is 10.6 Å². The highest BCUT2D eigenvalue weighted by molar-refractivity contribution is 5.82. The normalized spacial score (nSPS) is 26.2. The summed E-state index contributed by atoms with van der Waals surface area (Å²) >= 11 is 0. The molecule has 1 amide bonds. The molecule has 0 spiro atoms. The summed E-state index contributed by atoms with van der Waals surface area (Å²) in [7, 11) is 0. The summed E-state index contributed by atoms with van der Waals surface area (Å²) in [4.78, 5) is 17.9. The van der Waals surface area contributed by atoms with E-state index in [1.807, 2.05) is 6.07 Å². The van der Waals surface area contributed by atoms with Crippen LogP contribution in [0.2, 0.25) is 0 Å². The van der Waals surface area contributed by atoms with Gasteiger partial charge in [-0.1, -0.05) is 50.6 Å². The van der Waals surface area contributed by atoms with Gasteiger partial charge >= 0.3 is 0 Å². The van der Waals surface area contributed by atoms with Crippen molar-refractivity contribution in [1.29, 1.82) is 0 Å². The van der Waals surface area contributed by atoms with Crippen LogP contribution in [0.15, 0.2) is 30.3 Å². The smallest absolute Gasteiger partial charge is 0.240 e. The van der Waals surface area contributed by atoms with E-state index in [4.69, 9.17) is 5.73 Å². The van der Waals surface area contributed by atoms with E-state index in [1.54, 1.807) is 0 Å². The zero-order valence-corrected chi connectivity index (χ0v) is 15.7. The van der Waals surface area contributed by atoms with Gasteiger partial charge in [0.15, 0.2) is 0 Å². The molecule has 138 valence electrons. The number of benzene rings is 1. The van der Waals surface area contributed by atoms with Crippen LogP contribution < -0.4 is 5.73 Å². The lowest BCUT2D eigenvalue weighted by atomic mass is 9.89. The van der Waals surface area contributed by atoms with E-state index in [0.717, 1.165) is 26.2 Å². The molecular formula is C21H33N3O. The maximum Gasteiger partial charge on any atom is 0.240 e. The topological polar surface area (TPSA) is 49.6 Å². The number of rotatable bonds is 5. The standard InChI is InChI=1S/C21H33N3O/c1-16(2)20(23-11-7-4-8-12-23)21(25)24-14-18(13-22)19(15-24)17-9-5-3-6-10-17/h3,5-6,9-10,16,18-20H,4,7-8,11-15,22H2,1-2H3/t18-,19+,20?/m1/s1. The zero-order valence-electron chi connectivity index (χ0n) is 15.7. The summed E-state index contributed by atoms with van der Waals surface area (Å²) in [5, 5.41) is 0. The van der Waals surface area contributed by atoms with Crippen LogP contribution in [0.3, 0.4) is 0 Å². The van der Waals surface area contributed by atoms with Crippen molar-refractivity contribution in [3.05, 3.63) is 35.9 Å². The predicted molar refractivity (Wildman–Crippen MR) is 102 cm³/mol. The van der Waals surface area contributed by atoms with Crippen LogP contribution in [0, 0.1) is 11.8 Å². The van der Waals surface area contributed by atoms with Gasteiger partial charge in [0.1, 0.15) is 0 Å². The summed E-state index contributed by atoms with van der Waals surface area (Å²) in [5.74, 6) is 1.39. The number of likely N-dealkylation sites (tertiary alicyclic amines) is 2. The van der Waals surface area contributed by atoms with E-state index in [-0.39, 0.29) is 6.04 Å². The van der Waals surface area contributed by atoms with Gasteiger partial charge in [0.25, 0.3) is 0 Å². The molecule has 2 aliphatic heterocycles. The van der Waals surface area contributed by atoms with Gasteiger partial charge in [0, 0.05) is 19.0 Å². The lowest BCUT2D eigenvalue weighted by Crippen LogP contribution is -2.52. The van der Waals surface area contributed by atoms with Crippen molar-refractivity contribution in [2.24, 2.45) is 17.6 Å². The molecule has 2 aliphatic rings. The van der Waals surface area contributed by atoms with Gasteiger partial charge in [-0.05, 0) is 49.9 Å². The van der Waals surface area contributed by atoms with Crippen molar-refractivity contribution in [1.82, 2.24) is 9.80 Å². The van der Waals surface area contributed by atoms with Crippen molar-refractivity contribution in [2.45, 2.75) is 45.1 Å². The summed E-state index contributed by atoms with van der Waals surface area (Å²) in [6, 6.07) is 10.6. The first-order valence-electron chi connectivity index (χ1n) is 9.89. The van der Waals surface area contributed by atoms with Gasteiger partial charge in [0.05, 0.1) is 6.04 Å². The molecule has 2 fully saturated rings. The van der Waals surface area contributed by atoms with Crippen LogP contribution in [0.4, 0.5) is 0 Å². The largest absolute Gasteiger partial charge is 0.340 e. The number of carbonyl (C=O) groups excluding carboxylic acids is 1. The average molecular weight is 344 g/mol. The highest BCUT2D eigenvalue weighted by Gasteiger charge is 2.40. The monoisotopic (exact) mass is 343 g/mol. The van der Waals surface area contributed by atoms with E-state index in [0.29, 0.717) is 30.2 Å². The van der Waals surface area contributed by atoms with Crippen LogP contribution in [0.25, 0.3) is 0 Å². The summed E-state index contributed by atoms with van der Waals surface area (Å²) in [6.07, 6.45) is 3.73. The molecule has 2 heterocycles. The highest BCUT2D eigenvalue weighted by atomic mass is 16.2. The first-order valence-corrected chi connectivity index (χ1v) is 9.89. The lowest BCUT2D eigenvalue weighted by molar-refractivity contribution is -0.138. The minimum atomic E-state index is 0.0215. The Labute approximate surface area is 152 Å². The molecule has 1 unspecified atom stereocenters. The van der Waals surface area contributed by atoms with Crippen LogP contribution >= 0.6 is 0 Å². The first-order chi connectivity index (χ1) is 12.1. The fourth-order valence-corrected chi connectivity index (χ4v) is 4.61. The van der Waals surface area contributed by atoms with Crippen molar-refractivity contribution in [3.63, 3.8) is 0 Å². The maximum atomic E-state index is 13.4. The molecule has 1 aromatic carbocycles. The SMILES string of the molecule is CC(C)C(C(=O)N1C[C@@H](CN)[C@H](c2ccccc2)C1)N1CCCCC1. The zero-order chi connectivity index (χ0) is 17.8. The van der Waals surface area contributed by atoms with E-state index < -0.39 is 0 Å². The molecule has 0 saturated carbocycles. The molecule has 0 bridgehead atoms. The molecular weight excluding hydrogens is 310 g/mol. The second-order valence-corrected chi connectivity index (χ2v) is 8.04. The predicted octanol–water partition coefficient (Wildman–Crippen LogP) is 2.70. The van der Waals surface area contributed by atoms with Gasteiger partial charge in [0.2, 0.25) is 5.91 Å². The van der Waals surface area contributed by atoms with E-state index in [2.05, 4.69) is 47.9 Å². The van der Waals surface area contributed by atoms with Crippen molar-refractivity contribution >= 4 is 5.91 Å². The van der Waals surface area contributed by atoms with E-state index in [9.17, 15) is 4.79 Å². The van der Waals surface area contributed by atoms with Crippen LogP contribution in [0.5, 0.6) is 0 Å². The fourth-order valence-electron chi connectivity index (χ4n) is 4.61. The highest BCUT2D eigenvalue weighted by Crippen LogP contribution is 2.33. The van der Waals surface area contributed by atoms with E-state index >= 15 is 0 Å². The van der Waals surface area contributed by atoms with E-state index in [1.165, 1.54) is 24.8 Å². The number of piperidine rings is 1. The molecule has 4 nitrogen and oxygen atoms in total. The van der Waals surface area contributed by atoms with Crippen LogP contribution in [-0.4, -0.2) is 54.5 Å². The molecule has 1 aromatic rings. The molecule has 0 aliphatic carbocycles. The number of hydrogen-bond acceptors (Lipinski definition) is 3.